The van der Waals surface area contributed by atoms with Gasteiger partial charge in [-0.1, -0.05) is 0 Å². The van der Waals surface area contributed by atoms with E-state index in [1.807, 2.05) is 11.6 Å². The lowest BCUT2D eigenvalue weighted by Gasteiger charge is -2.26. The van der Waals surface area contributed by atoms with Crippen molar-refractivity contribution < 1.29 is 22.4 Å². The molecule has 1 fully saturated rings. The van der Waals surface area contributed by atoms with Crippen molar-refractivity contribution in [2.45, 2.75) is 24.7 Å². The summed E-state index contributed by atoms with van der Waals surface area (Å²) in [4.78, 5) is 21.6. The molecule has 5 rings (SSSR count). The zero-order valence-corrected chi connectivity index (χ0v) is 19.8. The van der Waals surface area contributed by atoms with Crippen molar-refractivity contribution in [3.8, 4) is 0 Å². The summed E-state index contributed by atoms with van der Waals surface area (Å²) in [5, 5.41) is 2.88. The number of anilines is 1. The highest BCUT2D eigenvalue weighted by Gasteiger charge is 2.27. The Balaban J connectivity index is 1.29. The van der Waals surface area contributed by atoms with Crippen LogP contribution in [-0.4, -0.2) is 59.5 Å². The van der Waals surface area contributed by atoms with Crippen molar-refractivity contribution in [3.05, 3.63) is 48.1 Å². The van der Waals surface area contributed by atoms with Crippen LogP contribution in [0, 0.1) is 6.92 Å². The molecule has 0 saturated carbocycles. The third kappa shape index (κ3) is 4.29. The Bertz CT molecular complexity index is 1480. The molecule has 1 aliphatic heterocycles. The minimum Gasteiger partial charge on any atom is -0.441 e. The van der Waals surface area contributed by atoms with Gasteiger partial charge in [0.15, 0.2) is 11.5 Å². The van der Waals surface area contributed by atoms with Crippen LogP contribution in [0.1, 0.15) is 18.1 Å². The summed E-state index contributed by atoms with van der Waals surface area (Å²) in [5.74, 6) is 1.12. The molecule has 0 unspecified atom stereocenters. The van der Waals surface area contributed by atoms with E-state index in [4.69, 9.17) is 9.15 Å². The summed E-state index contributed by atoms with van der Waals surface area (Å²) in [6.45, 7) is 3.24. The van der Waals surface area contributed by atoms with Crippen LogP contribution in [0.4, 0.5) is 5.69 Å². The third-order valence-corrected chi connectivity index (χ3v) is 7.80. The lowest BCUT2D eigenvalue weighted by atomic mass is 10.2. The van der Waals surface area contributed by atoms with E-state index in [1.165, 1.54) is 4.31 Å². The average molecular weight is 484 g/mol. The van der Waals surface area contributed by atoms with Crippen LogP contribution in [0.2, 0.25) is 0 Å². The first-order chi connectivity index (χ1) is 16.3. The van der Waals surface area contributed by atoms with Gasteiger partial charge in [0.2, 0.25) is 15.9 Å². The van der Waals surface area contributed by atoms with Crippen molar-refractivity contribution in [1.82, 2.24) is 18.8 Å². The fourth-order valence-corrected chi connectivity index (χ4v) is 5.55. The molecule has 10 nitrogen and oxygen atoms in total. The van der Waals surface area contributed by atoms with Crippen LogP contribution in [-0.2, 0) is 33.0 Å². The van der Waals surface area contributed by atoms with Gasteiger partial charge in [-0.05, 0) is 36.4 Å². The standard InChI is InChI=1S/C23H25N5O5S/c1-15-24-19-13-16(3-6-21(19)33-15)25-23(29)8-7-22-26-18-14-17(4-5-20(18)27(22)2)34(30,31)28-9-11-32-12-10-28/h3-6,13-14H,7-12H2,1-2H3,(H,25,29). The molecule has 3 heterocycles. The molecule has 0 bridgehead atoms. The number of fused-ring (bicyclic) bond motifs is 2. The van der Waals surface area contributed by atoms with Crippen LogP contribution < -0.4 is 5.32 Å². The second kappa shape index (κ2) is 8.82. The highest BCUT2D eigenvalue weighted by atomic mass is 32.2. The Morgan fingerprint density at radius 3 is 2.68 bits per heavy atom. The largest absolute Gasteiger partial charge is 0.441 e. The average Bonchev–Trinajstić information content (AvgIpc) is 3.36. The predicted molar refractivity (Wildman–Crippen MR) is 126 cm³/mol. The van der Waals surface area contributed by atoms with Crippen LogP contribution in [0.5, 0.6) is 0 Å². The Kier molecular flexibility index (Phi) is 5.84. The van der Waals surface area contributed by atoms with Gasteiger partial charge in [0.25, 0.3) is 0 Å². The fraction of sp³-hybridized carbons (Fsp3) is 0.348. The first-order valence-electron chi connectivity index (χ1n) is 11.0. The molecule has 0 spiro atoms. The smallest absolute Gasteiger partial charge is 0.243 e. The van der Waals surface area contributed by atoms with Gasteiger partial charge < -0.3 is 19.0 Å². The minimum absolute atomic E-state index is 0.151. The Labute approximate surface area is 196 Å². The summed E-state index contributed by atoms with van der Waals surface area (Å²) >= 11 is 0. The fourth-order valence-electron chi connectivity index (χ4n) is 4.12. The van der Waals surface area contributed by atoms with Gasteiger partial charge in [-0.25, -0.2) is 18.4 Å². The van der Waals surface area contributed by atoms with Crippen LogP contribution in [0.25, 0.3) is 22.1 Å². The zero-order chi connectivity index (χ0) is 23.9. The molecule has 0 atom stereocenters. The van der Waals surface area contributed by atoms with E-state index in [2.05, 4.69) is 15.3 Å². The van der Waals surface area contributed by atoms with E-state index in [1.54, 1.807) is 43.3 Å². The number of hydrogen-bond donors (Lipinski definition) is 1. The quantitative estimate of drug-likeness (QED) is 0.448. The number of aromatic nitrogens is 3. The molecule has 34 heavy (non-hydrogen) atoms. The number of nitrogens with one attached hydrogen (secondary N) is 1. The number of aryl methyl sites for hydroxylation is 3. The number of nitrogens with zero attached hydrogens (tertiary/aromatic N) is 4. The van der Waals surface area contributed by atoms with Gasteiger partial charge >= 0.3 is 0 Å². The van der Waals surface area contributed by atoms with E-state index in [0.717, 1.165) is 5.52 Å². The number of carbonyl (C=O) groups is 1. The number of hydrogen-bond acceptors (Lipinski definition) is 7. The molecule has 0 aliphatic carbocycles. The Hall–Kier alpha value is -3.28. The highest BCUT2D eigenvalue weighted by Crippen LogP contribution is 2.24. The second-order valence-corrected chi connectivity index (χ2v) is 10.2. The first-order valence-corrected chi connectivity index (χ1v) is 12.5. The topological polar surface area (TPSA) is 120 Å². The number of benzene rings is 2. The summed E-state index contributed by atoms with van der Waals surface area (Å²) in [5.41, 5.74) is 3.40. The highest BCUT2D eigenvalue weighted by molar-refractivity contribution is 7.89. The van der Waals surface area contributed by atoms with E-state index < -0.39 is 10.0 Å². The molecular weight excluding hydrogens is 458 g/mol. The van der Waals surface area contributed by atoms with Gasteiger partial charge in [-0.3, -0.25) is 4.79 Å². The number of rotatable bonds is 6. The molecule has 1 amide bonds. The molecule has 1 saturated heterocycles. The molecular formula is C23H25N5O5S. The van der Waals surface area contributed by atoms with E-state index in [-0.39, 0.29) is 17.2 Å². The number of sulfonamides is 1. The van der Waals surface area contributed by atoms with Crippen LogP contribution >= 0.6 is 0 Å². The van der Waals surface area contributed by atoms with Crippen LogP contribution in [0.3, 0.4) is 0 Å². The molecule has 4 aromatic rings. The van der Waals surface area contributed by atoms with Crippen molar-refractivity contribution in [1.29, 1.82) is 0 Å². The lowest BCUT2D eigenvalue weighted by Crippen LogP contribution is -2.40. The number of oxazole rings is 1. The minimum atomic E-state index is -3.60. The number of ether oxygens (including phenoxy) is 1. The summed E-state index contributed by atoms with van der Waals surface area (Å²) < 4.78 is 40.0. The lowest BCUT2D eigenvalue weighted by molar-refractivity contribution is -0.116. The number of amides is 1. The van der Waals surface area contributed by atoms with Crippen molar-refractivity contribution in [2.24, 2.45) is 7.05 Å². The van der Waals surface area contributed by atoms with E-state index >= 15 is 0 Å². The number of carbonyl (C=O) groups excluding carboxylic acids is 1. The maximum atomic E-state index is 13.0. The molecule has 2 aromatic heterocycles. The van der Waals surface area contributed by atoms with Crippen molar-refractivity contribution >= 4 is 43.8 Å². The first kappa shape index (κ1) is 22.5. The number of morpholine rings is 1. The van der Waals surface area contributed by atoms with Gasteiger partial charge in [-0.2, -0.15) is 4.31 Å². The predicted octanol–water partition coefficient (Wildman–Crippen LogP) is 2.62. The second-order valence-electron chi connectivity index (χ2n) is 8.22. The number of imidazole rings is 1. The van der Waals surface area contributed by atoms with Crippen LogP contribution in [0.15, 0.2) is 45.7 Å². The molecule has 2 aromatic carbocycles. The monoisotopic (exact) mass is 483 g/mol. The molecule has 1 aliphatic rings. The zero-order valence-electron chi connectivity index (χ0n) is 18.9. The molecule has 11 heteroatoms. The van der Waals surface area contributed by atoms with Crippen molar-refractivity contribution in [2.75, 3.05) is 31.6 Å². The van der Waals surface area contributed by atoms with Gasteiger partial charge in [0.05, 0.1) is 29.1 Å². The SMILES string of the molecule is Cc1nc2cc(NC(=O)CCc3nc4cc(S(=O)(=O)N5CCOCC5)ccc4n3C)ccc2o1. The van der Waals surface area contributed by atoms with Gasteiger partial charge in [0.1, 0.15) is 11.3 Å². The Morgan fingerprint density at radius 2 is 1.88 bits per heavy atom. The Morgan fingerprint density at radius 1 is 1.09 bits per heavy atom. The molecule has 0 radical (unpaired) electrons. The molecule has 178 valence electrons. The third-order valence-electron chi connectivity index (χ3n) is 5.91. The van der Waals surface area contributed by atoms with E-state index in [0.29, 0.717) is 66.7 Å². The van der Waals surface area contributed by atoms with E-state index in [9.17, 15) is 13.2 Å². The van der Waals surface area contributed by atoms with Crippen molar-refractivity contribution in [3.63, 3.8) is 0 Å². The van der Waals surface area contributed by atoms with Gasteiger partial charge in [0, 0.05) is 45.6 Å². The van der Waals surface area contributed by atoms with Gasteiger partial charge in [-0.15, -0.1) is 0 Å². The maximum absolute atomic E-state index is 13.0. The summed E-state index contributed by atoms with van der Waals surface area (Å²) in [7, 11) is -1.74. The normalized spacial score (nSPS) is 15.2. The summed E-state index contributed by atoms with van der Waals surface area (Å²) in [6.07, 6.45) is 0.639. The maximum Gasteiger partial charge on any atom is 0.243 e. The molecule has 1 N–H and O–H groups in total. The summed E-state index contributed by atoms with van der Waals surface area (Å²) in [6, 6.07) is 10.3.